The van der Waals surface area contributed by atoms with Gasteiger partial charge >= 0.3 is 5.97 Å². The molecule has 100 valence electrons. The number of hydrogen-bond acceptors (Lipinski definition) is 3. The molecule has 1 rings (SSSR count). The molecule has 5 heteroatoms. The first-order valence-electron chi connectivity index (χ1n) is 5.79. The van der Waals surface area contributed by atoms with Gasteiger partial charge in [0.15, 0.2) is 0 Å². The van der Waals surface area contributed by atoms with Crippen LogP contribution in [-0.4, -0.2) is 29.4 Å². The molecule has 0 aliphatic carbocycles. The van der Waals surface area contributed by atoms with E-state index >= 15 is 0 Å². The maximum atomic E-state index is 11.1. The van der Waals surface area contributed by atoms with Gasteiger partial charge in [-0.15, -0.1) is 11.8 Å². The van der Waals surface area contributed by atoms with Crippen molar-refractivity contribution >= 4 is 29.3 Å². The maximum absolute atomic E-state index is 11.1. The van der Waals surface area contributed by atoms with Crippen molar-refractivity contribution in [1.82, 2.24) is 5.32 Å². The predicted molar refractivity (Wildman–Crippen MR) is 76.5 cm³/mol. The van der Waals surface area contributed by atoms with E-state index in [1.807, 2.05) is 24.3 Å². The molecule has 0 spiro atoms. The Morgan fingerprint density at radius 2 is 2.17 bits per heavy atom. The highest BCUT2D eigenvalue weighted by atomic mass is 35.5. The molecule has 1 aromatic carbocycles. The minimum atomic E-state index is -0.846. The average Bonchev–Trinajstić information content (AvgIpc) is 2.36. The van der Waals surface area contributed by atoms with Crippen LogP contribution < -0.4 is 5.32 Å². The summed E-state index contributed by atoms with van der Waals surface area (Å²) in [6.07, 6.45) is 1.41. The summed E-state index contributed by atoms with van der Waals surface area (Å²) in [7, 11) is 1.68. The zero-order valence-corrected chi connectivity index (χ0v) is 12.1. The molecule has 1 atom stereocenters. The van der Waals surface area contributed by atoms with Crippen LogP contribution in [-0.2, 0) is 4.79 Å². The maximum Gasteiger partial charge on any atom is 0.323 e. The molecule has 0 heterocycles. The Kier molecular flexibility index (Phi) is 5.99. The Labute approximate surface area is 117 Å². The van der Waals surface area contributed by atoms with Gasteiger partial charge < -0.3 is 10.4 Å². The van der Waals surface area contributed by atoms with Crippen LogP contribution in [0.3, 0.4) is 0 Å². The molecule has 0 fully saturated rings. The summed E-state index contributed by atoms with van der Waals surface area (Å²) in [6, 6.07) is 7.68. The Morgan fingerprint density at radius 1 is 1.50 bits per heavy atom. The van der Waals surface area contributed by atoms with Crippen molar-refractivity contribution in [2.24, 2.45) is 0 Å². The smallest absolute Gasteiger partial charge is 0.323 e. The Balaban J connectivity index is 2.39. The second kappa shape index (κ2) is 7.02. The summed E-state index contributed by atoms with van der Waals surface area (Å²) < 4.78 is 0. The highest BCUT2D eigenvalue weighted by Crippen LogP contribution is 2.28. The van der Waals surface area contributed by atoms with E-state index in [9.17, 15) is 4.79 Å². The zero-order valence-electron chi connectivity index (χ0n) is 10.6. The highest BCUT2D eigenvalue weighted by Gasteiger charge is 2.30. The van der Waals surface area contributed by atoms with E-state index in [2.05, 4.69) is 5.32 Å². The Bertz CT molecular complexity index is 414. The fourth-order valence-electron chi connectivity index (χ4n) is 1.51. The van der Waals surface area contributed by atoms with Crippen molar-refractivity contribution in [2.75, 3.05) is 12.8 Å². The standard InChI is InChI=1S/C13H18ClNO2S/c1-13(15-2,12(16)17)8-5-9-18-11-7-4-3-6-10(11)14/h3-4,6-7,15H,5,8-9H2,1-2H3,(H,16,17). The van der Waals surface area contributed by atoms with Gasteiger partial charge in [0.1, 0.15) is 5.54 Å². The molecule has 1 unspecified atom stereocenters. The first kappa shape index (κ1) is 15.3. The number of hydrogen-bond donors (Lipinski definition) is 2. The first-order chi connectivity index (χ1) is 8.49. The van der Waals surface area contributed by atoms with Crippen LogP contribution in [0.15, 0.2) is 29.2 Å². The van der Waals surface area contributed by atoms with Crippen molar-refractivity contribution in [3.63, 3.8) is 0 Å². The first-order valence-corrected chi connectivity index (χ1v) is 7.15. The number of thioether (sulfide) groups is 1. The van der Waals surface area contributed by atoms with Crippen molar-refractivity contribution in [2.45, 2.75) is 30.2 Å². The van der Waals surface area contributed by atoms with Gasteiger partial charge in [-0.05, 0) is 44.7 Å². The van der Waals surface area contributed by atoms with E-state index in [0.29, 0.717) is 6.42 Å². The number of halogens is 1. The third-order valence-corrected chi connectivity index (χ3v) is 4.54. The van der Waals surface area contributed by atoms with Gasteiger partial charge in [-0.2, -0.15) is 0 Å². The number of rotatable bonds is 7. The van der Waals surface area contributed by atoms with Crippen LogP contribution >= 0.6 is 23.4 Å². The van der Waals surface area contributed by atoms with E-state index in [4.69, 9.17) is 16.7 Å². The number of carboxylic acid groups (broad SMARTS) is 1. The minimum absolute atomic E-state index is 0.594. The molecule has 0 bridgehead atoms. The lowest BCUT2D eigenvalue weighted by molar-refractivity contribution is -0.144. The molecule has 0 aliphatic rings. The predicted octanol–water partition coefficient (Wildman–Crippen LogP) is 3.28. The molecule has 0 amide bonds. The van der Waals surface area contributed by atoms with E-state index < -0.39 is 11.5 Å². The van der Waals surface area contributed by atoms with Crippen molar-refractivity contribution < 1.29 is 9.90 Å². The van der Waals surface area contributed by atoms with Gasteiger partial charge in [-0.25, -0.2) is 0 Å². The molecule has 2 N–H and O–H groups in total. The fraction of sp³-hybridized carbons (Fsp3) is 0.462. The lowest BCUT2D eigenvalue weighted by atomic mass is 9.97. The van der Waals surface area contributed by atoms with Gasteiger partial charge in [0.05, 0.1) is 5.02 Å². The van der Waals surface area contributed by atoms with Crippen LogP contribution in [0.2, 0.25) is 5.02 Å². The van der Waals surface area contributed by atoms with Crippen LogP contribution in [0.25, 0.3) is 0 Å². The van der Waals surface area contributed by atoms with Crippen LogP contribution in [0, 0.1) is 0 Å². The van der Waals surface area contributed by atoms with Gasteiger partial charge in [0, 0.05) is 4.90 Å². The molecule has 0 aromatic heterocycles. The number of carboxylic acids is 1. The summed E-state index contributed by atoms with van der Waals surface area (Å²) in [6.45, 7) is 1.70. The lowest BCUT2D eigenvalue weighted by Crippen LogP contribution is -2.47. The van der Waals surface area contributed by atoms with Crippen LogP contribution in [0.1, 0.15) is 19.8 Å². The van der Waals surface area contributed by atoms with Gasteiger partial charge in [0.25, 0.3) is 0 Å². The fourth-order valence-corrected chi connectivity index (χ4v) is 2.70. The number of likely N-dealkylation sites (N-methyl/N-ethyl adjacent to an activating group) is 1. The van der Waals surface area contributed by atoms with Gasteiger partial charge in [-0.1, -0.05) is 23.7 Å². The molecule has 3 nitrogen and oxygen atoms in total. The largest absolute Gasteiger partial charge is 0.480 e. The summed E-state index contributed by atoms with van der Waals surface area (Å²) in [5.74, 6) is 0.0432. The number of carbonyl (C=O) groups is 1. The highest BCUT2D eigenvalue weighted by molar-refractivity contribution is 7.99. The lowest BCUT2D eigenvalue weighted by Gasteiger charge is -2.23. The van der Waals surface area contributed by atoms with Crippen molar-refractivity contribution in [3.05, 3.63) is 29.3 Å². The van der Waals surface area contributed by atoms with Crippen molar-refractivity contribution in [3.8, 4) is 0 Å². The molecule has 0 saturated heterocycles. The Hall–Kier alpha value is -0.710. The third kappa shape index (κ3) is 4.19. The second-order valence-corrected chi connectivity index (χ2v) is 5.81. The van der Waals surface area contributed by atoms with Crippen molar-refractivity contribution in [1.29, 1.82) is 0 Å². The quantitative estimate of drug-likeness (QED) is 0.597. The van der Waals surface area contributed by atoms with Gasteiger partial charge in [0.2, 0.25) is 0 Å². The molecule has 0 radical (unpaired) electrons. The monoisotopic (exact) mass is 287 g/mol. The molecule has 18 heavy (non-hydrogen) atoms. The minimum Gasteiger partial charge on any atom is -0.480 e. The van der Waals surface area contributed by atoms with Crippen LogP contribution in [0.5, 0.6) is 0 Å². The molecule has 1 aromatic rings. The van der Waals surface area contributed by atoms with E-state index in [1.165, 1.54) is 0 Å². The normalized spacial score (nSPS) is 14.2. The van der Waals surface area contributed by atoms with Crippen LogP contribution in [0.4, 0.5) is 0 Å². The van der Waals surface area contributed by atoms with E-state index in [0.717, 1.165) is 22.1 Å². The summed E-state index contributed by atoms with van der Waals surface area (Å²) in [4.78, 5) is 12.1. The summed E-state index contributed by atoms with van der Waals surface area (Å²) in [5.41, 5.74) is -0.846. The summed E-state index contributed by atoms with van der Waals surface area (Å²) in [5, 5.41) is 12.7. The number of benzene rings is 1. The molecule has 0 aliphatic heterocycles. The zero-order chi connectivity index (χ0) is 13.6. The summed E-state index contributed by atoms with van der Waals surface area (Å²) >= 11 is 7.70. The molecular weight excluding hydrogens is 270 g/mol. The molecule has 0 saturated carbocycles. The molecular formula is C13H18ClNO2S. The number of nitrogens with one attached hydrogen (secondary N) is 1. The topological polar surface area (TPSA) is 49.3 Å². The van der Waals surface area contributed by atoms with Gasteiger partial charge in [-0.3, -0.25) is 4.79 Å². The third-order valence-electron chi connectivity index (χ3n) is 2.94. The Morgan fingerprint density at radius 3 is 2.72 bits per heavy atom. The van der Waals surface area contributed by atoms with E-state index in [-0.39, 0.29) is 0 Å². The average molecular weight is 288 g/mol. The second-order valence-electron chi connectivity index (χ2n) is 4.27. The van der Waals surface area contributed by atoms with E-state index in [1.54, 1.807) is 25.7 Å². The number of aliphatic carboxylic acids is 1. The SMILES string of the molecule is CNC(C)(CCCSc1ccccc1Cl)C(=O)O.